The van der Waals surface area contributed by atoms with Gasteiger partial charge in [0.05, 0.1) is 0 Å². The van der Waals surface area contributed by atoms with Gasteiger partial charge in [-0.15, -0.1) is 0 Å². The van der Waals surface area contributed by atoms with E-state index in [0.29, 0.717) is 0 Å². The fourth-order valence-corrected chi connectivity index (χ4v) is 0.129. The topological polar surface area (TPSA) is 12.4 Å². The van der Waals surface area contributed by atoms with Gasteiger partial charge in [-0.3, -0.25) is 0 Å². The fourth-order valence-electron chi connectivity index (χ4n) is 0.129. The molecule has 0 fully saturated rings. The second-order valence-corrected chi connectivity index (χ2v) is 0.877. The molecule has 0 unspecified atom stereocenters. The summed E-state index contributed by atoms with van der Waals surface area (Å²) in [6, 6.07) is 0. The molecule has 0 saturated carbocycles. The van der Waals surface area contributed by atoms with Crippen molar-refractivity contribution in [3.05, 3.63) is 0 Å². The third kappa shape index (κ3) is 0.0934. The van der Waals surface area contributed by atoms with Gasteiger partial charge in [0.15, 0.2) is 0 Å². The Morgan fingerprint density at radius 1 is 1.75 bits per heavy atom. The van der Waals surface area contributed by atoms with Crippen LogP contribution in [0.1, 0.15) is 0 Å². The first kappa shape index (κ1) is 2.12. The summed E-state index contributed by atoms with van der Waals surface area (Å²) in [6.45, 7) is 1.07. The maximum absolute atomic E-state index is 3.79. The van der Waals surface area contributed by atoms with Gasteiger partial charge in [-0.25, -0.2) is 0 Å². The summed E-state index contributed by atoms with van der Waals surface area (Å²) in [4.78, 5) is 3.79. The monoisotopic (exact) mass is 53.0 g/mol. The van der Waals surface area contributed by atoms with E-state index in [4.69, 9.17) is 0 Å². The van der Waals surface area contributed by atoms with E-state index < -0.39 is 0 Å². The standard InChI is InChI=1S/C2H4BN/c1-2-4-3-1/h1-2H2. The van der Waals surface area contributed by atoms with Crippen LogP contribution >= 0.6 is 0 Å². The Bertz CT molecular complexity index is 35.3. The Kier molecular flexibility index (Phi) is 0.354. The predicted octanol–water partition coefficient (Wildman–Crippen LogP) is 0.306. The number of rotatable bonds is 0. The van der Waals surface area contributed by atoms with Crippen LogP contribution in [0.5, 0.6) is 0 Å². The number of hydrogen-bond donors (Lipinski definition) is 0. The molecule has 1 heterocycles. The van der Waals surface area contributed by atoms with Crippen LogP contribution in [0.3, 0.4) is 0 Å². The zero-order chi connectivity index (χ0) is 2.83. The number of hydrogen-bond acceptors (Lipinski definition) is 1. The van der Waals surface area contributed by atoms with Crippen LogP contribution in [0.15, 0.2) is 4.90 Å². The van der Waals surface area contributed by atoms with Crippen molar-refractivity contribution in [3.8, 4) is 0 Å². The fraction of sp³-hybridized carbons (Fsp3) is 1.00. The van der Waals surface area contributed by atoms with Crippen molar-refractivity contribution in [3.63, 3.8) is 0 Å². The van der Waals surface area contributed by atoms with Gasteiger partial charge in [0.2, 0.25) is 0 Å². The molecular formula is C2H4BN. The summed E-state index contributed by atoms with van der Waals surface area (Å²) in [6.07, 6.45) is 1.21. The first-order valence-corrected chi connectivity index (χ1v) is 1.48. The Labute approximate surface area is 26.0 Å². The van der Waals surface area contributed by atoms with Gasteiger partial charge in [-0.1, -0.05) is 0 Å². The van der Waals surface area contributed by atoms with Gasteiger partial charge in [0.1, 0.15) is 0 Å². The maximum atomic E-state index is 3.79. The van der Waals surface area contributed by atoms with Gasteiger partial charge in [-0.05, 0) is 0 Å². The van der Waals surface area contributed by atoms with E-state index in [0.717, 1.165) is 6.54 Å². The van der Waals surface area contributed by atoms with Crippen LogP contribution in [0.4, 0.5) is 0 Å². The van der Waals surface area contributed by atoms with E-state index in [1.165, 1.54) is 6.32 Å². The molecule has 1 aliphatic heterocycles. The van der Waals surface area contributed by atoms with Crippen LogP contribution < -0.4 is 0 Å². The van der Waals surface area contributed by atoms with Crippen molar-refractivity contribution < 1.29 is 0 Å². The summed E-state index contributed by atoms with van der Waals surface area (Å²) in [5, 5.41) is 0. The molecule has 0 atom stereocenters. The summed E-state index contributed by atoms with van der Waals surface area (Å²) in [7, 11) is 1.93. The van der Waals surface area contributed by atoms with Crippen molar-refractivity contribution >= 4 is 7.07 Å². The van der Waals surface area contributed by atoms with E-state index in [1.54, 1.807) is 0 Å². The zero-order valence-corrected chi connectivity index (χ0v) is 2.44. The molecule has 0 aromatic rings. The van der Waals surface area contributed by atoms with E-state index in [-0.39, 0.29) is 0 Å². The minimum absolute atomic E-state index is 1.07. The second kappa shape index (κ2) is 0.667. The summed E-state index contributed by atoms with van der Waals surface area (Å²) in [5.41, 5.74) is 0. The summed E-state index contributed by atoms with van der Waals surface area (Å²) in [5.74, 6) is 0. The van der Waals surface area contributed by atoms with Crippen molar-refractivity contribution in [2.24, 2.45) is 4.90 Å². The van der Waals surface area contributed by atoms with Gasteiger partial charge < -0.3 is 0 Å². The first-order valence-electron chi connectivity index (χ1n) is 1.48. The molecule has 0 amide bonds. The Morgan fingerprint density at radius 3 is 2.00 bits per heavy atom. The quantitative estimate of drug-likeness (QED) is 0.352. The molecule has 0 bridgehead atoms. The molecule has 1 rings (SSSR count). The summed E-state index contributed by atoms with van der Waals surface area (Å²) < 4.78 is 0. The van der Waals surface area contributed by atoms with Crippen LogP contribution in [0, 0.1) is 0 Å². The van der Waals surface area contributed by atoms with Crippen LogP contribution in [-0.4, -0.2) is 13.6 Å². The summed E-state index contributed by atoms with van der Waals surface area (Å²) >= 11 is 0. The van der Waals surface area contributed by atoms with Crippen LogP contribution in [0.25, 0.3) is 0 Å². The molecule has 4 heavy (non-hydrogen) atoms. The average molecular weight is 52.9 g/mol. The van der Waals surface area contributed by atoms with E-state index in [9.17, 15) is 0 Å². The van der Waals surface area contributed by atoms with Crippen molar-refractivity contribution in [2.45, 2.75) is 6.32 Å². The third-order valence-electron chi connectivity index (χ3n) is 0.516. The molecule has 2 heteroatoms. The molecule has 0 aromatic heterocycles. The molecule has 1 nitrogen and oxygen atoms in total. The Hall–Kier alpha value is -0.135. The molecule has 0 N–H and O–H groups in total. The Morgan fingerprint density at radius 2 is 2.00 bits per heavy atom. The predicted molar refractivity (Wildman–Crippen MR) is 17.9 cm³/mol. The second-order valence-electron chi connectivity index (χ2n) is 0.877. The van der Waals surface area contributed by atoms with E-state index in [2.05, 4.69) is 4.90 Å². The van der Waals surface area contributed by atoms with Crippen molar-refractivity contribution in [2.75, 3.05) is 6.54 Å². The Balaban J connectivity index is 2.47. The molecule has 0 spiro atoms. The normalized spacial score (nSPS) is 18.0. The van der Waals surface area contributed by atoms with Gasteiger partial charge in [0, 0.05) is 0 Å². The SMILES string of the molecule is B1=NCC1. The van der Waals surface area contributed by atoms with Crippen LogP contribution in [0.2, 0.25) is 6.32 Å². The van der Waals surface area contributed by atoms with E-state index in [1.807, 2.05) is 7.07 Å². The molecule has 0 aliphatic carbocycles. The van der Waals surface area contributed by atoms with Gasteiger partial charge in [0.25, 0.3) is 0 Å². The van der Waals surface area contributed by atoms with Gasteiger partial charge >= 0.3 is 24.8 Å². The van der Waals surface area contributed by atoms with Gasteiger partial charge in [-0.2, -0.15) is 0 Å². The molecular weight excluding hydrogens is 48.8 g/mol. The van der Waals surface area contributed by atoms with Crippen LogP contribution in [-0.2, 0) is 0 Å². The van der Waals surface area contributed by atoms with Crippen molar-refractivity contribution in [1.29, 1.82) is 0 Å². The third-order valence-corrected chi connectivity index (χ3v) is 0.516. The molecule has 0 radical (unpaired) electrons. The molecule has 20 valence electrons. The minimum atomic E-state index is 1.07. The molecule has 0 saturated heterocycles. The first-order chi connectivity index (χ1) is 2.00. The number of nitrogens with zero attached hydrogens (tertiary/aromatic N) is 1. The molecule has 0 aromatic carbocycles. The average Bonchev–Trinajstić information content (AvgIpc) is 0.722. The van der Waals surface area contributed by atoms with Crippen molar-refractivity contribution in [1.82, 2.24) is 0 Å². The zero-order valence-electron chi connectivity index (χ0n) is 2.44. The molecule has 1 aliphatic rings. The van der Waals surface area contributed by atoms with E-state index >= 15 is 0 Å².